The molecule has 0 amide bonds. The molecule has 0 aromatic heterocycles. The van der Waals surface area contributed by atoms with Crippen molar-refractivity contribution in [2.45, 2.75) is 18.9 Å². The highest BCUT2D eigenvalue weighted by Crippen LogP contribution is 2.30. The van der Waals surface area contributed by atoms with E-state index in [9.17, 15) is 26.0 Å². The number of halogens is 4. The van der Waals surface area contributed by atoms with Crippen molar-refractivity contribution in [3.63, 3.8) is 0 Å². The normalized spacial score (nSPS) is 12.3. The second-order valence-electron chi connectivity index (χ2n) is 3.56. The van der Waals surface area contributed by atoms with Crippen molar-refractivity contribution in [3.05, 3.63) is 41.7 Å². The van der Waals surface area contributed by atoms with Crippen LogP contribution in [-0.2, 0) is 20.7 Å². The lowest BCUT2D eigenvalue weighted by molar-refractivity contribution is -0.0509. The van der Waals surface area contributed by atoms with Crippen molar-refractivity contribution < 1.29 is 30.2 Å². The smallest absolute Gasteiger partial charge is 0.376 e. The second kappa shape index (κ2) is 5.20. The molecule has 0 spiro atoms. The Bertz CT molecular complexity index is 590. The molecule has 0 bridgehead atoms. The van der Waals surface area contributed by atoms with Crippen LogP contribution in [0.25, 0.3) is 5.76 Å². The van der Waals surface area contributed by atoms with Crippen LogP contribution in [0.4, 0.5) is 17.6 Å². The standard InChI is InChI=1S/C11H10F4O3S/c1-3-8-6-9(12)4-5-10(8)7(2)18-19(16,17)11(13,14)15/h4-6H,2-3H2,1H3. The molecule has 1 rings (SSSR count). The van der Waals surface area contributed by atoms with Gasteiger partial charge in [-0.25, -0.2) is 4.39 Å². The largest absolute Gasteiger partial charge is 0.534 e. The minimum Gasteiger partial charge on any atom is -0.376 e. The summed E-state index contributed by atoms with van der Waals surface area (Å²) in [7, 11) is -5.77. The molecule has 0 N–H and O–H groups in total. The van der Waals surface area contributed by atoms with Gasteiger partial charge < -0.3 is 4.18 Å². The summed E-state index contributed by atoms with van der Waals surface area (Å²) in [6.07, 6.45) is 0.279. The third-order valence-corrected chi connectivity index (χ3v) is 3.23. The van der Waals surface area contributed by atoms with E-state index in [1.54, 1.807) is 6.92 Å². The predicted octanol–water partition coefficient (Wildman–Crippen LogP) is 3.23. The molecule has 19 heavy (non-hydrogen) atoms. The Hall–Kier alpha value is -1.57. The molecule has 0 saturated carbocycles. The van der Waals surface area contributed by atoms with Crippen LogP contribution in [0.15, 0.2) is 24.8 Å². The first kappa shape index (κ1) is 15.5. The van der Waals surface area contributed by atoms with Gasteiger partial charge in [-0.3, -0.25) is 0 Å². The minimum atomic E-state index is -5.77. The summed E-state index contributed by atoms with van der Waals surface area (Å²) in [6.45, 7) is 4.77. The number of hydrogen-bond acceptors (Lipinski definition) is 3. The topological polar surface area (TPSA) is 43.4 Å². The van der Waals surface area contributed by atoms with Gasteiger partial charge in [-0.1, -0.05) is 13.5 Å². The van der Waals surface area contributed by atoms with Crippen LogP contribution >= 0.6 is 0 Å². The molecule has 0 aliphatic rings. The van der Waals surface area contributed by atoms with Crippen molar-refractivity contribution in [1.29, 1.82) is 0 Å². The number of benzene rings is 1. The van der Waals surface area contributed by atoms with Crippen LogP contribution in [0.1, 0.15) is 18.1 Å². The molecule has 0 saturated heterocycles. The molecule has 106 valence electrons. The number of rotatable bonds is 4. The summed E-state index contributed by atoms with van der Waals surface area (Å²) in [5.74, 6) is -1.29. The summed E-state index contributed by atoms with van der Waals surface area (Å²) in [4.78, 5) is 0. The minimum absolute atomic E-state index is 0.0109. The lowest BCUT2D eigenvalue weighted by Crippen LogP contribution is -2.25. The lowest BCUT2D eigenvalue weighted by Gasteiger charge is -2.13. The highest BCUT2D eigenvalue weighted by atomic mass is 32.2. The molecule has 0 atom stereocenters. The molecule has 0 radical (unpaired) electrons. The van der Waals surface area contributed by atoms with Crippen molar-refractivity contribution in [2.75, 3.05) is 0 Å². The van der Waals surface area contributed by atoms with E-state index in [0.29, 0.717) is 5.56 Å². The van der Waals surface area contributed by atoms with Gasteiger partial charge in [0.05, 0.1) is 0 Å². The highest BCUT2D eigenvalue weighted by Gasteiger charge is 2.48. The van der Waals surface area contributed by atoms with Gasteiger partial charge in [0.25, 0.3) is 0 Å². The summed E-state index contributed by atoms with van der Waals surface area (Å²) < 4.78 is 74.9. The maximum atomic E-state index is 13.0. The number of hydrogen-bond donors (Lipinski definition) is 0. The Balaban J connectivity index is 3.10. The van der Waals surface area contributed by atoms with Gasteiger partial charge in [0.1, 0.15) is 11.6 Å². The molecular weight excluding hydrogens is 288 g/mol. The highest BCUT2D eigenvalue weighted by molar-refractivity contribution is 7.87. The zero-order valence-electron chi connectivity index (χ0n) is 9.79. The summed E-state index contributed by atoms with van der Waals surface area (Å²) in [6, 6.07) is 3.16. The van der Waals surface area contributed by atoms with Crippen LogP contribution in [0.2, 0.25) is 0 Å². The predicted molar refractivity (Wildman–Crippen MR) is 60.9 cm³/mol. The van der Waals surface area contributed by atoms with E-state index >= 15 is 0 Å². The fourth-order valence-electron chi connectivity index (χ4n) is 1.35. The van der Waals surface area contributed by atoms with E-state index < -0.39 is 27.2 Å². The molecule has 0 aliphatic heterocycles. The fourth-order valence-corrected chi connectivity index (χ4v) is 1.80. The molecular formula is C11H10F4O3S. The quantitative estimate of drug-likeness (QED) is 0.371. The maximum Gasteiger partial charge on any atom is 0.534 e. The molecule has 3 nitrogen and oxygen atoms in total. The SMILES string of the molecule is C=C(OS(=O)(=O)C(F)(F)F)c1ccc(F)cc1CC. The lowest BCUT2D eigenvalue weighted by atomic mass is 10.0. The van der Waals surface area contributed by atoms with Gasteiger partial charge in [0.2, 0.25) is 0 Å². The Morgan fingerprint density at radius 3 is 2.42 bits per heavy atom. The maximum absolute atomic E-state index is 13.0. The average molecular weight is 298 g/mol. The summed E-state index contributed by atoms with van der Waals surface area (Å²) in [5, 5.41) is 0. The molecule has 0 heterocycles. The van der Waals surface area contributed by atoms with E-state index in [0.717, 1.165) is 18.2 Å². The Morgan fingerprint density at radius 2 is 1.95 bits per heavy atom. The van der Waals surface area contributed by atoms with Crippen LogP contribution in [0, 0.1) is 5.82 Å². The van der Waals surface area contributed by atoms with Gasteiger partial charge in [-0.15, -0.1) is 0 Å². The molecule has 1 aromatic carbocycles. The molecule has 0 aliphatic carbocycles. The average Bonchev–Trinajstić information content (AvgIpc) is 2.26. The van der Waals surface area contributed by atoms with Gasteiger partial charge in [-0.05, 0) is 30.2 Å². The van der Waals surface area contributed by atoms with Crippen LogP contribution < -0.4 is 0 Å². The number of aryl methyl sites for hydroxylation is 1. The van der Waals surface area contributed by atoms with E-state index in [1.165, 1.54) is 0 Å². The van der Waals surface area contributed by atoms with Crippen LogP contribution in [0.5, 0.6) is 0 Å². The van der Waals surface area contributed by atoms with Gasteiger partial charge in [0, 0.05) is 5.56 Å². The fraction of sp³-hybridized carbons (Fsp3) is 0.273. The summed E-state index contributed by atoms with van der Waals surface area (Å²) in [5.41, 5.74) is -5.23. The van der Waals surface area contributed by atoms with E-state index in [1.807, 2.05) is 0 Å². The van der Waals surface area contributed by atoms with Crippen molar-refractivity contribution in [1.82, 2.24) is 0 Å². The Kier molecular flexibility index (Phi) is 4.24. The van der Waals surface area contributed by atoms with E-state index in [-0.39, 0.29) is 12.0 Å². The molecule has 1 aromatic rings. The monoisotopic (exact) mass is 298 g/mol. The third kappa shape index (κ3) is 3.46. The molecule has 8 heteroatoms. The molecule has 0 unspecified atom stereocenters. The van der Waals surface area contributed by atoms with Crippen molar-refractivity contribution in [2.24, 2.45) is 0 Å². The first-order chi connectivity index (χ1) is 8.58. The van der Waals surface area contributed by atoms with Crippen LogP contribution in [-0.4, -0.2) is 13.9 Å². The van der Waals surface area contributed by atoms with Crippen molar-refractivity contribution in [3.8, 4) is 0 Å². The zero-order chi connectivity index (χ0) is 14.8. The first-order valence-corrected chi connectivity index (χ1v) is 6.47. The summed E-state index contributed by atoms with van der Waals surface area (Å²) >= 11 is 0. The zero-order valence-corrected chi connectivity index (χ0v) is 10.6. The van der Waals surface area contributed by atoms with Gasteiger partial charge in [-0.2, -0.15) is 21.6 Å². The van der Waals surface area contributed by atoms with E-state index in [4.69, 9.17) is 0 Å². The van der Waals surface area contributed by atoms with Crippen LogP contribution in [0.3, 0.4) is 0 Å². The Morgan fingerprint density at radius 1 is 1.37 bits per heavy atom. The van der Waals surface area contributed by atoms with E-state index in [2.05, 4.69) is 10.8 Å². The van der Waals surface area contributed by atoms with Gasteiger partial charge >= 0.3 is 15.6 Å². The number of alkyl halides is 3. The first-order valence-electron chi connectivity index (χ1n) is 5.07. The molecule has 0 fully saturated rings. The third-order valence-electron chi connectivity index (χ3n) is 2.24. The van der Waals surface area contributed by atoms with Gasteiger partial charge in [0.15, 0.2) is 0 Å². The Labute approximate surface area is 107 Å². The second-order valence-corrected chi connectivity index (χ2v) is 5.10. The van der Waals surface area contributed by atoms with Crippen molar-refractivity contribution >= 4 is 15.9 Å².